The third kappa shape index (κ3) is 3.34. The fourth-order valence-electron chi connectivity index (χ4n) is 2.85. The van der Waals surface area contributed by atoms with Crippen molar-refractivity contribution in [1.29, 1.82) is 0 Å². The van der Waals surface area contributed by atoms with E-state index in [1.807, 2.05) is 79.8 Å². The van der Waals surface area contributed by atoms with E-state index < -0.39 is 0 Å². The number of hydrogen-bond acceptors (Lipinski definition) is 1. The number of amides is 1. The van der Waals surface area contributed by atoms with E-state index in [9.17, 15) is 4.79 Å². The van der Waals surface area contributed by atoms with E-state index in [0.717, 1.165) is 11.1 Å². The van der Waals surface area contributed by atoms with E-state index in [0.29, 0.717) is 10.6 Å². The number of benzene rings is 3. The van der Waals surface area contributed by atoms with Crippen molar-refractivity contribution in [2.24, 2.45) is 0 Å². The van der Waals surface area contributed by atoms with E-state index >= 15 is 0 Å². The summed E-state index contributed by atoms with van der Waals surface area (Å²) in [4.78, 5) is 14.7. The third-order valence-electron chi connectivity index (χ3n) is 4.04. The van der Waals surface area contributed by atoms with E-state index in [1.165, 1.54) is 0 Å². The average Bonchev–Trinajstić information content (AvgIpc) is 2.63. The number of hydrogen-bond donors (Lipinski definition) is 0. The zero-order valence-corrected chi connectivity index (χ0v) is 14.1. The first-order chi connectivity index (χ1) is 11.7. The molecule has 0 bridgehead atoms. The Morgan fingerprint density at radius 2 is 1.25 bits per heavy atom. The molecule has 0 unspecified atom stereocenters. The lowest BCUT2D eigenvalue weighted by molar-refractivity contribution is 0.0755. The van der Waals surface area contributed by atoms with Crippen molar-refractivity contribution in [1.82, 2.24) is 4.90 Å². The van der Waals surface area contributed by atoms with Gasteiger partial charge in [0.15, 0.2) is 0 Å². The van der Waals surface area contributed by atoms with Gasteiger partial charge >= 0.3 is 0 Å². The highest BCUT2D eigenvalue weighted by Gasteiger charge is 2.25. The van der Waals surface area contributed by atoms with Gasteiger partial charge in [-0.2, -0.15) is 0 Å². The van der Waals surface area contributed by atoms with Crippen molar-refractivity contribution in [3.05, 3.63) is 107 Å². The average molecular weight is 336 g/mol. The van der Waals surface area contributed by atoms with Crippen LogP contribution in [0.1, 0.15) is 27.5 Å². The zero-order valence-electron chi connectivity index (χ0n) is 13.4. The summed E-state index contributed by atoms with van der Waals surface area (Å²) in [6.07, 6.45) is 0. The first-order valence-electron chi connectivity index (χ1n) is 7.80. The summed E-state index contributed by atoms with van der Waals surface area (Å²) in [6.45, 7) is 0. The summed E-state index contributed by atoms with van der Waals surface area (Å²) in [7, 11) is 1.82. The molecule has 3 aromatic rings. The second kappa shape index (κ2) is 7.33. The van der Waals surface area contributed by atoms with Crippen LogP contribution in [0, 0.1) is 0 Å². The number of halogens is 1. The topological polar surface area (TPSA) is 20.3 Å². The maximum atomic E-state index is 13.0. The van der Waals surface area contributed by atoms with Gasteiger partial charge in [-0.1, -0.05) is 84.4 Å². The maximum absolute atomic E-state index is 13.0. The van der Waals surface area contributed by atoms with Crippen molar-refractivity contribution < 1.29 is 4.79 Å². The summed E-state index contributed by atoms with van der Waals surface area (Å²) < 4.78 is 0. The van der Waals surface area contributed by atoms with Crippen molar-refractivity contribution >= 4 is 17.5 Å². The molecule has 0 aliphatic rings. The highest BCUT2D eigenvalue weighted by Crippen LogP contribution is 2.29. The summed E-state index contributed by atoms with van der Waals surface area (Å²) in [5, 5.41) is 0.467. The molecule has 2 nitrogen and oxygen atoms in total. The smallest absolute Gasteiger partial charge is 0.255 e. The van der Waals surface area contributed by atoms with Crippen LogP contribution in [0.3, 0.4) is 0 Å². The molecule has 0 fully saturated rings. The van der Waals surface area contributed by atoms with E-state index in [4.69, 9.17) is 11.6 Å². The van der Waals surface area contributed by atoms with Crippen LogP contribution >= 0.6 is 11.6 Å². The van der Waals surface area contributed by atoms with Crippen LogP contribution in [0.4, 0.5) is 0 Å². The van der Waals surface area contributed by atoms with Gasteiger partial charge in [0.25, 0.3) is 5.91 Å². The van der Waals surface area contributed by atoms with E-state index in [-0.39, 0.29) is 11.9 Å². The van der Waals surface area contributed by atoms with Gasteiger partial charge in [-0.15, -0.1) is 0 Å². The van der Waals surface area contributed by atoms with Gasteiger partial charge in [0, 0.05) is 7.05 Å². The lowest BCUT2D eigenvalue weighted by Gasteiger charge is -2.29. The maximum Gasteiger partial charge on any atom is 0.255 e. The fraction of sp³-hybridized carbons (Fsp3) is 0.0952. The van der Waals surface area contributed by atoms with E-state index in [2.05, 4.69) is 0 Å². The molecule has 3 rings (SSSR count). The summed E-state index contributed by atoms with van der Waals surface area (Å²) in [6, 6.07) is 27.0. The van der Waals surface area contributed by atoms with Crippen LogP contribution in [0.25, 0.3) is 0 Å². The Hall–Kier alpha value is -2.58. The Balaban J connectivity index is 2.03. The second-order valence-electron chi connectivity index (χ2n) is 5.62. The Labute approximate surface area is 147 Å². The van der Waals surface area contributed by atoms with Crippen LogP contribution < -0.4 is 0 Å². The second-order valence-corrected chi connectivity index (χ2v) is 6.03. The van der Waals surface area contributed by atoms with Gasteiger partial charge in [-0.05, 0) is 23.3 Å². The Bertz CT molecular complexity index is 778. The highest BCUT2D eigenvalue weighted by molar-refractivity contribution is 6.33. The molecule has 0 spiro atoms. The SMILES string of the molecule is CN(C(=O)c1ccccc1Cl)C(c1ccccc1)c1ccccc1. The Kier molecular flexibility index (Phi) is 4.97. The van der Waals surface area contributed by atoms with Gasteiger partial charge in [-0.25, -0.2) is 0 Å². The molecule has 0 saturated heterocycles. The molecule has 120 valence electrons. The Morgan fingerprint density at radius 3 is 1.75 bits per heavy atom. The molecule has 0 saturated carbocycles. The summed E-state index contributed by atoms with van der Waals surface area (Å²) in [5.41, 5.74) is 2.64. The molecule has 0 heterocycles. The first-order valence-corrected chi connectivity index (χ1v) is 8.18. The molecule has 3 heteroatoms. The molecule has 0 radical (unpaired) electrons. The largest absolute Gasteiger partial charge is 0.331 e. The van der Waals surface area contributed by atoms with Crippen LogP contribution in [0.2, 0.25) is 5.02 Å². The Morgan fingerprint density at radius 1 is 0.792 bits per heavy atom. The third-order valence-corrected chi connectivity index (χ3v) is 4.37. The van der Waals surface area contributed by atoms with Gasteiger partial charge in [0.1, 0.15) is 0 Å². The molecular formula is C21H18ClNO. The van der Waals surface area contributed by atoms with Crippen LogP contribution in [0.15, 0.2) is 84.9 Å². The molecule has 1 amide bonds. The van der Waals surface area contributed by atoms with Crippen molar-refractivity contribution in [3.63, 3.8) is 0 Å². The number of carbonyl (C=O) groups excluding carboxylic acids is 1. The molecular weight excluding hydrogens is 318 g/mol. The standard InChI is InChI=1S/C21H18ClNO/c1-23(21(24)18-14-8-9-15-19(18)22)20(16-10-4-2-5-11-16)17-12-6-3-7-13-17/h2-15,20H,1H3. The molecule has 0 N–H and O–H groups in total. The van der Waals surface area contributed by atoms with Crippen LogP contribution in [0.5, 0.6) is 0 Å². The lowest BCUT2D eigenvalue weighted by Crippen LogP contribution is -2.32. The van der Waals surface area contributed by atoms with Gasteiger partial charge in [0.05, 0.1) is 16.6 Å². The molecule has 0 aliphatic heterocycles. The minimum Gasteiger partial charge on any atom is -0.331 e. The van der Waals surface area contributed by atoms with Crippen LogP contribution in [-0.4, -0.2) is 17.9 Å². The van der Waals surface area contributed by atoms with Gasteiger partial charge in [-0.3, -0.25) is 4.79 Å². The zero-order chi connectivity index (χ0) is 16.9. The summed E-state index contributed by atoms with van der Waals surface area (Å²) >= 11 is 6.21. The quantitative estimate of drug-likeness (QED) is 0.641. The summed E-state index contributed by atoms with van der Waals surface area (Å²) in [5.74, 6) is -0.0988. The fourth-order valence-corrected chi connectivity index (χ4v) is 3.07. The first kappa shape index (κ1) is 16.3. The molecule has 0 atom stereocenters. The van der Waals surface area contributed by atoms with Crippen molar-refractivity contribution in [2.45, 2.75) is 6.04 Å². The van der Waals surface area contributed by atoms with Crippen molar-refractivity contribution in [2.75, 3.05) is 7.05 Å². The van der Waals surface area contributed by atoms with Gasteiger partial charge in [0.2, 0.25) is 0 Å². The van der Waals surface area contributed by atoms with Crippen LogP contribution in [-0.2, 0) is 0 Å². The van der Waals surface area contributed by atoms with E-state index in [1.54, 1.807) is 17.0 Å². The normalized spacial score (nSPS) is 10.6. The predicted octanol–water partition coefficient (Wildman–Crippen LogP) is 5.20. The number of nitrogens with zero attached hydrogens (tertiary/aromatic N) is 1. The minimum atomic E-state index is -0.170. The predicted molar refractivity (Wildman–Crippen MR) is 98.3 cm³/mol. The molecule has 0 aliphatic carbocycles. The lowest BCUT2D eigenvalue weighted by atomic mass is 9.97. The molecule has 3 aromatic carbocycles. The van der Waals surface area contributed by atoms with Crippen molar-refractivity contribution in [3.8, 4) is 0 Å². The monoisotopic (exact) mass is 335 g/mol. The van der Waals surface area contributed by atoms with Gasteiger partial charge < -0.3 is 4.90 Å². The molecule has 24 heavy (non-hydrogen) atoms. The molecule has 0 aromatic heterocycles. The number of rotatable bonds is 4. The number of carbonyl (C=O) groups is 1. The minimum absolute atomic E-state index is 0.0988. The highest BCUT2D eigenvalue weighted by atomic mass is 35.5.